The van der Waals surface area contributed by atoms with E-state index in [1.165, 1.54) is 18.2 Å². The van der Waals surface area contributed by atoms with Gasteiger partial charge in [-0.05, 0) is 24.3 Å². The Morgan fingerprint density at radius 2 is 2.00 bits per heavy atom. The Hall–Kier alpha value is -2.38. The SMILES string of the molecule is O=C(Nc1nc(Cl)ccc1[N+](=O)[O-])c1cc(O)ccc1Cl. The zero-order chi connectivity index (χ0) is 15.6. The van der Waals surface area contributed by atoms with Gasteiger partial charge in [0, 0.05) is 6.07 Å². The normalized spacial score (nSPS) is 10.2. The highest BCUT2D eigenvalue weighted by atomic mass is 35.5. The summed E-state index contributed by atoms with van der Waals surface area (Å²) in [5.74, 6) is -1.23. The molecular formula is C12H7Cl2N3O4. The van der Waals surface area contributed by atoms with Crippen molar-refractivity contribution in [3.63, 3.8) is 0 Å². The molecule has 0 aliphatic rings. The number of rotatable bonds is 3. The van der Waals surface area contributed by atoms with Crippen molar-refractivity contribution in [2.24, 2.45) is 0 Å². The molecule has 0 radical (unpaired) electrons. The van der Waals surface area contributed by atoms with Crippen LogP contribution in [-0.4, -0.2) is 20.9 Å². The van der Waals surface area contributed by atoms with Gasteiger partial charge in [-0.1, -0.05) is 23.2 Å². The van der Waals surface area contributed by atoms with Gasteiger partial charge in [-0.2, -0.15) is 0 Å². The molecule has 0 bridgehead atoms. The van der Waals surface area contributed by atoms with E-state index < -0.39 is 16.5 Å². The lowest BCUT2D eigenvalue weighted by Crippen LogP contribution is -2.15. The molecule has 7 nitrogen and oxygen atoms in total. The van der Waals surface area contributed by atoms with Crippen LogP contribution in [0, 0.1) is 10.1 Å². The number of anilines is 1. The van der Waals surface area contributed by atoms with Crippen LogP contribution in [0.2, 0.25) is 10.2 Å². The molecule has 0 fully saturated rings. The summed E-state index contributed by atoms with van der Waals surface area (Å²) in [5.41, 5.74) is -0.461. The van der Waals surface area contributed by atoms with Crippen LogP contribution in [0.4, 0.5) is 11.5 Å². The molecule has 0 saturated carbocycles. The van der Waals surface area contributed by atoms with Crippen molar-refractivity contribution in [1.29, 1.82) is 0 Å². The minimum Gasteiger partial charge on any atom is -0.508 e. The summed E-state index contributed by atoms with van der Waals surface area (Å²) >= 11 is 11.5. The molecule has 0 unspecified atom stereocenters. The average Bonchev–Trinajstić information content (AvgIpc) is 2.41. The highest BCUT2D eigenvalue weighted by molar-refractivity contribution is 6.34. The molecule has 0 aliphatic carbocycles. The van der Waals surface area contributed by atoms with Gasteiger partial charge >= 0.3 is 5.69 Å². The Morgan fingerprint density at radius 1 is 1.29 bits per heavy atom. The number of aromatic nitrogens is 1. The summed E-state index contributed by atoms with van der Waals surface area (Å²) in [6.45, 7) is 0. The topological polar surface area (TPSA) is 105 Å². The van der Waals surface area contributed by atoms with Crippen LogP contribution in [0.3, 0.4) is 0 Å². The van der Waals surface area contributed by atoms with E-state index in [4.69, 9.17) is 23.2 Å². The number of benzene rings is 1. The first-order valence-corrected chi connectivity index (χ1v) is 6.25. The highest BCUT2D eigenvalue weighted by Gasteiger charge is 2.20. The van der Waals surface area contributed by atoms with Crippen LogP contribution in [0.15, 0.2) is 30.3 Å². The van der Waals surface area contributed by atoms with Gasteiger partial charge in [-0.3, -0.25) is 14.9 Å². The highest BCUT2D eigenvalue weighted by Crippen LogP contribution is 2.26. The molecule has 1 aromatic carbocycles. The lowest BCUT2D eigenvalue weighted by Gasteiger charge is -2.07. The Morgan fingerprint density at radius 3 is 2.67 bits per heavy atom. The number of nitrogens with zero attached hydrogens (tertiary/aromatic N) is 2. The van der Waals surface area contributed by atoms with Gasteiger partial charge in [0.05, 0.1) is 15.5 Å². The Kier molecular flexibility index (Phi) is 4.25. The minimum atomic E-state index is -0.756. The molecule has 2 rings (SSSR count). The molecule has 21 heavy (non-hydrogen) atoms. The van der Waals surface area contributed by atoms with Gasteiger partial charge in [0.15, 0.2) is 0 Å². The predicted octanol–water partition coefficient (Wildman–Crippen LogP) is 3.25. The number of nitrogens with one attached hydrogen (secondary N) is 1. The van der Waals surface area contributed by atoms with Crippen molar-refractivity contribution in [1.82, 2.24) is 4.98 Å². The molecule has 2 N–H and O–H groups in total. The number of halogens is 2. The van der Waals surface area contributed by atoms with Gasteiger partial charge in [0.25, 0.3) is 5.91 Å². The standard InChI is InChI=1S/C12H7Cl2N3O4/c13-8-2-1-6(18)5-7(8)12(19)16-11-9(17(20)21)3-4-10(14)15-11/h1-5,18H,(H,15,16,19). The molecule has 1 heterocycles. The lowest BCUT2D eigenvalue weighted by molar-refractivity contribution is -0.384. The maximum absolute atomic E-state index is 12.1. The fourth-order valence-electron chi connectivity index (χ4n) is 1.53. The van der Waals surface area contributed by atoms with Crippen molar-refractivity contribution in [3.8, 4) is 5.75 Å². The van der Waals surface area contributed by atoms with E-state index in [1.807, 2.05) is 0 Å². The summed E-state index contributed by atoms with van der Waals surface area (Å²) in [7, 11) is 0. The molecule has 9 heteroatoms. The van der Waals surface area contributed by atoms with Crippen molar-refractivity contribution < 1.29 is 14.8 Å². The van der Waals surface area contributed by atoms with Crippen LogP contribution in [-0.2, 0) is 0 Å². The molecule has 1 aromatic heterocycles. The summed E-state index contributed by atoms with van der Waals surface area (Å²) < 4.78 is 0. The molecular weight excluding hydrogens is 321 g/mol. The van der Waals surface area contributed by atoms with Crippen molar-refractivity contribution in [2.75, 3.05) is 5.32 Å². The average molecular weight is 328 g/mol. The second kappa shape index (κ2) is 5.94. The van der Waals surface area contributed by atoms with Crippen LogP contribution in [0.5, 0.6) is 5.75 Å². The van der Waals surface area contributed by atoms with Crippen LogP contribution >= 0.6 is 23.2 Å². The number of nitro groups is 1. The van der Waals surface area contributed by atoms with Crippen LogP contribution in [0.1, 0.15) is 10.4 Å². The lowest BCUT2D eigenvalue weighted by atomic mass is 10.2. The van der Waals surface area contributed by atoms with Gasteiger partial charge in [0.2, 0.25) is 5.82 Å². The van der Waals surface area contributed by atoms with Crippen molar-refractivity contribution >= 4 is 40.6 Å². The first kappa shape index (κ1) is 15.0. The minimum absolute atomic E-state index is 0.0158. The number of carbonyl (C=O) groups is 1. The van der Waals surface area contributed by atoms with Crippen LogP contribution < -0.4 is 5.32 Å². The number of phenolic OH excluding ortho intramolecular Hbond substituents is 1. The number of carbonyl (C=O) groups excluding carboxylic acids is 1. The monoisotopic (exact) mass is 327 g/mol. The van der Waals surface area contributed by atoms with Gasteiger partial charge in [0.1, 0.15) is 10.9 Å². The van der Waals surface area contributed by atoms with E-state index in [0.29, 0.717) is 0 Å². The molecule has 2 aromatic rings. The van der Waals surface area contributed by atoms with Gasteiger partial charge in [-0.15, -0.1) is 0 Å². The third-order valence-corrected chi connectivity index (χ3v) is 3.00. The fourth-order valence-corrected chi connectivity index (χ4v) is 1.88. The summed E-state index contributed by atoms with van der Waals surface area (Å²) in [6.07, 6.45) is 0. The Bertz CT molecular complexity index is 736. The fraction of sp³-hybridized carbons (Fsp3) is 0. The van der Waals surface area contributed by atoms with E-state index in [0.717, 1.165) is 12.1 Å². The zero-order valence-corrected chi connectivity index (χ0v) is 11.7. The molecule has 0 aliphatic heterocycles. The summed E-state index contributed by atoms with van der Waals surface area (Å²) in [6, 6.07) is 6.12. The zero-order valence-electron chi connectivity index (χ0n) is 10.2. The van der Waals surface area contributed by atoms with Crippen LogP contribution in [0.25, 0.3) is 0 Å². The number of pyridine rings is 1. The second-order valence-electron chi connectivity index (χ2n) is 3.88. The largest absolute Gasteiger partial charge is 0.508 e. The van der Waals surface area contributed by atoms with E-state index in [2.05, 4.69) is 10.3 Å². The van der Waals surface area contributed by atoms with E-state index >= 15 is 0 Å². The molecule has 1 amide bonds. The van der Waals surface area contributed by atoms with E-state index in [1.54, 1.807) is 0 Å². The first-order chi connectivity index (χ1) is 9.88. The smallest absolute Gasteiger partial charge is 0.311 e. The second-order valence-corrected chi connectivity index (χ2v) is 4.67. The van der Waals surface area contributed by atoms with Gasteiger partial charge < -0.3 is 10.4 Å². The number of phenols is 1. The summed E-state index contributed by atoms with van der Waals surface area (Å²) in [5, 5.41) is 22.5. The molecule has 108 valence electrons. The quantitative estimate of drug-likeness (QED) is 0.511. The van der Waals surface area contributed by atoms with E-state index in [-0.39, 0.29) is 27.3 Å². The van der Waals surface area contributed by atoms with Gasteiger partial charge in [-0.25, -0.2) is 4.98 Å². The third-order valence-electron chi connectivity index (χ3n) is 2.46. The number of hydrogen-bond acceptors (Lipinski definition) is 5. The van der Waals surface area contributed by atoms with Crippen molar-refractivity contribution in [2.45, 2.75) is 0 Å². The Labute approximate surface area is 128 Å². The first-order valence-electron chi connectivity index (χ1n) is 5.49. The maximum atomic E-state index is 12.1. The molecule has 0 saturated heterocycles. The Balaban J connectivity index is 2.38. The number of amides is 1. The van der Waals surface area contributed by atoms with E-state index in [9.17, 15) is 20.0 Å². The maximum Gasteiger partial charge on any atom is 0.311 e. The molecule has 0 spiro atoms. The number of hydrogen-bond donors (Lipinski definition) is 2. The summed E-state index contributed by atoms with van der Waals surface area (Å²) in [4.78, 5) is 25.9. The third kappa shape index (κ3) is 3.39. The predicted molar refractivity (Wildman–Crippen MR) is 77.0 cm³/mol. The number of aromatic hydroxyl groups is 1. The molecule has 0 atom stereocenters. The van der Waals surface area contributed by atoms with Crippen molar-refractivity contribution in [3.05, 3.63) is 56.2 Å².